The fourth-order valence-corrected chi connectivity index (χ4v) is 1.09. The van der Waals surface area contributed by atoms with Crippen molar-refractivity contribution >= 4 is 18.9 Å². The average Bonchev–Trinajstić information content (AvgIpc) is 2.05. The van der Waals surface area contributed by atoms with Crippen molar-refractivity contribution in [2.24, 2.45) is 0 Å². The van der Waals surface area contributed by atoms with Crippen molar-refractivity contribution in [1.29, 1.82) is 0 Å². The number of benzene rings is 1. The zero-order valence-electron chi connectivity index (χ0n) is 5.82. The lowest BCUT2D eigenvalue weighted by Gasteiger charge is -2.04. The molecule has 0 spiro atoms. The van der Waals surface area contributed by atoms with E-state index < -0.39 is 11.1 Å². The molecular weight excluding hydrogens is 159 g/mol. The van der Waals surface area contributed by atoms with Crippen molar-refractivity contribution in [3.05, 3.63) is 29.8 Å². The maximum Gasteiger partial charge on any atom is 0.0716 e. The maximum atomic E-state index is 10.4. The molecule has 0 saturated heterocycles. The normalized spacial score (nSPS) is 12.8. The predicted molar refractivity (Wildman–Crippen MR) is 43.1 cm³/mol. The summed E-state index contributed by atoms with van der Waals surface area (Å²) in [7, 11) is 5.32. The number of hydrogen-bond acceptors (Lipinski definition) is 2. The molecule has 11 heavy (non-hydrogen) atoms. The molecule has 0 bridgehead atoms. The lowest BCUT2D eigenvalue weighted by Crippen LogP contribution is -1.89. The van der Waals surface area contributed by atoms with Gasteiger partial charge in [0.05, 0.1) is 7.85 Å². The molecule has 2 nitrogen and oxygen atoms in total. The first-order valence-corrected chi connectivity index (χ1v) is 4.20. The fraction of sp³-hybridized carbons (Fsp3) is 0.143. The van der Waals surface area contributed by atoms with Crippen LogP contribution in [0.5, 0.6) is 0 Å². The van der Waals surface area contributed by atoms with Gasteiger partial charge in [0, 0.05) is 4.90 Å². The van der Waals surface area contributed by atoms with Crippen molar-refractivity contribution < 1.29 is 8.76 Å². The molecule has 0 N–H and O–H groups in total. The first-order valence-electron chi connectivity index (χ1n) is 3.12. The van der Waals surface area contributed by atoms with Crippen LogP contribution in [-0.2, 0) is 17.4 Å². The van der Waals surface area contributed by atoms with Gasteiger partial charge in [-0.15, -0.1) is 0 Å². The van der Waals surface area contributed by atoms with E-state index >= 15 is 0 Å². The zero-order valence-corrected chi connectivity index (χ0v) is 6.64. The minimum absolute atomic E-state index is 0.294. The standard InChI is InChI=1S/C7H7BO2S/c8-5-6-1-3-7(4-2-6)11(9)10/h1-4H,5H2,(H,9,10)/p-1. The summed E-state index contributed by atoms with van der Waals surface area (Å²) in [6, 6.07) is 6.47. The van der Waals surface area contributed by atoms with E-state index in [4.69, 9.17) is 7.85 Å². The third-order valence-electron chi connectivity index (χ3n) is 1.35. The summed E-state index contributed by atoms with van der Waals surface area (Å²) >= 11 is -2.13. The highest BCUT2D eigenvalue weighted by molar-refractivity contribution is 7.79. The van der Waals surface area contributed by atoms with Gasteiger partial charge in [-0.3, -0.25) is 4.21 Å². The highest BCUT2D eigenvalue weighted by Crippen LogP contribution is 2.06. The Kier molecular flexibility index (Phi) is 2.85. The molecular formula is C7H6BO2S-. The molecule has 0 heterocycles. The van der Waals surface area contributed by atoms with E-state index in [0.717, 1.165) is 5.56 Å². The van der Waals surface area contributed by atoms with Gasteiger partial charge in [-0.25, -0.2) is 0 Å². The molecule has 0 amide bonds. The van der Waals surface area contributed by atoms with E-state index in [-0.39, 0.29) is 0 Å². The van der Waals surface area contributed by atoms with Crippen LogP contribution in [0.1, 0.15) is 5.56 Å². The minimum Gasteiger partial charge on any atom is -0.768 e. The average molecular weight is 165 g/mol. The van der Waals surface area contributed by atoms with Crippen LogP contribution >= 0.6 is 0 Å². The Morgan fingerprint density at radius 2 is 1.91 bits per heavy atom. The Morgan fingerprint density at radius 3 is 2.27 bits per heavy atom. The van der Waals surface area contributed by atoms with E-state index in [9.17, 15) is 8.76 Å². The summed E-state index contributed by atoms with van der Waals surface area (Å²) in [4.78, 5) is 0.294. The zero-order chi connectivity index (χ0) is 8.27. The van der Waals surface area contributed by atoms with Crippen LogP contribution in [0.25, 0.3) is 0 Å². The quantitative estimate of drug-likeness (QED) is 0.475. The summed E-state index contributed by atoms with van der Waals surface area (Å²) in [6.07, 6.45) is 0.436. The van der Waals surface area contributed by atoms with Crippen molar-refractivity contribution in [3.8, 4) is 0 Å². The van der Waals surface area contributed by atoms with Gasteiger partial charge in [-0.1, -0.05) is 24.0 Å². The number of rotatable bonds is 2. The minimum atomic E-state index is -2.13. The van der Waals surface area contributed by atoms with E-state index in [2.05, 4.69) is 0 Å². The fourth-order valence-electron chi connectivity index (χ4n) is 0.737. The molecule has 1 aromatic carbocycles. The van der Waals surface area contributed by atoms with Crippen LogP contribution in [0.4, 0.5) is 0 Å². The maximum absolute atomic E-state index is 10.4. The van der Waals surface area contributed by atoms with Gasteiger partial charge in [0.15, 0.2) is 0 Å². The number of hydrogen-bond donors (Lipinski definition) is 0. The highest BCUT2D eigenvalue weighted by Gasteiger charge is 1.91. The first kappa shape index (κ1) is 8.49. The summed E-state index contributed by atoms with van der Waals surface area (Å²) in [5.41, 5.74) is 0.930. The van der Waals surface area contributed by atoms with Crippen LogP contribution in [0, 0.1) is 0 Å². The molecule has 0 aliphatic rings. The lowest BCUT2D eigenvalue weighted by molar-refractivity contribution is 0.537. The summed E-state index contributed by atoms with van der Waals surface area (Å²) in [5.74, 6) is 0. The third-order valence-corrected chi connectivity index (χ3v) is 2.01. The molecule has 56 valence electrons. The van der Waals surface area contributed by atoms with Crippen molar-refractivity contribution in [2.75, 3.05) is 0 Å². The summed E-state index contributed by atoms with van der Waals surface area (Å²) in [5, 5.41) is 0. The third kappa shape index (κ3) is 2.17. The van der Waals surface area contributed by atoms with Crippen LogP contribution in [0.2, 0.25) is 0 Å². The van der Waals surface area contributed by atoms with Gasteiger partial charge in [0.25, 0.3) is 0 Å². The van der Waals surface area contributed by atoms with Crippen molar-refractivity contribution in [1.82, 2.24) is 0 Å². The lowest BCUT2D eigenvalue weighted by atomic mass is 9.97. The van der Waals surface area contributed by atoms with Crippen LogP contribution in [0.15, 0.2) is 29.2 Å². The van der Waals surface area contributed by atoms with Gasteiger partial charge in [0.2, 0.25) is 0 Å². The molecule has 0 aromatic heterocycles. The highest BCUT2D eigenvalue weighted by atomic mass is 32.2. The Hall–Kier alpha value is -0.605. The Labute approximate surface area is 69.3 Å². The molecule has 1 aromatic rings. The summed E-state index contributed by atoms with van der Waals surface area (Å²) < 4.78 is 20.7. The van der Waals surface area contributed by atoms with E-state index in [1.165, 1.54) is 12.1 Å². The Morgan fingerprint density at radius 1 is 1.36 bits per heavy atom. The Balaban J connectivity index is 2.91. The SMILES string of the molecule is [B]Cc1ccc(S(=O)[O-])cc1. The molecule has 0 aliphatic carbocycles. The van der Waals surface area contributed by atoms with E-state index in [1.54, 1.807) is 12.1 Å². The first-order chi connectivity index (χ1) is 5.24. The van der Waals surface area contributed by atoms with Crippen molar-refractivity contribution in [2.45, 2.75) is 11.2 Å². The molecule has 4 heteroatoms. The van der Waals surface area contributed by atoms with Gasteiger partial charge in [0.1, 0.15) is 0 Å². The van der Waals surface area contributed by atoms with E-state index in [0.29, 0.717) is 11.2 Å². The van der Waals surface area contributed by atoms with Crippen molar-refractivity contribution in [3.63, 3.8) is 0 Å². The molecule has 0 saturated carbocycles. The molecule has 1 atom stereocenters. The van der Waals surface area contributed by atoms with Crippen LogP contribution < -0.4 is 0 Å². The van der Waals surface area contributed by atoms with Crippen LogP contribution in [0.3, 0.4) is 0 Å². The second kappa shape index (κ2) is 3.69. The monoisotopic (exact) mass is 165 g/mol. The second-order valence-electron chi connectivity index (χ2n) is 2.08. The largest absolute Gasteiger partial charge is 0.768 e. The topological polar surface area (TPSA) is 40.1 Å². The van der Waals surface area contributed by atoms with E-state index in [1.807, 2.05) is 0 Å². The van der Waals surface area contributed by atoms with Gasteiger partial charge in [-0.05, 0) is 23.2 Å². The molecule has 1 rings (SSSR count). The molecule has 2 radical (unpaired) electrons. The molecule has 0 aliphatic heterocycles. The second-order valence-corrected chi connectivity index (χ2v) is 3.02. The van der Waals surface area contributed by atoms with Gasteiger partial charge < -0.3 is 4.55 Å². The molecule has 0 fully saturated rings. The smallest absolute Gasteiger partial charge is 0.0716 e. The molecule has 1 unspecified atom stereocenters. The Bertz CT molecular complexity index is 258. The predicted octanol–water partition coefficient (Wildman–Crippen LogP) is 0.593. The van der Waals surface area contributed by atoms with Crippen LogP contribution in [-0.4, -0.2) is 16.6 Å². The van der Waals surface area contributed by atoms with Gasteiger partial charge in [-0.2, -0.15) is 0 Å². The van der Waals surface area contributed by atoms with Gasteiger partial charge >= 0.3 is 0 Å². The summed E-state index contributed by atoms with van der Waals surface area (Å²) in [6.45, 7) is 0.